The van der Waals surface area contributed by atoms with Gasteiger partial charge in [0.25, 0.3) is 0 Å². The van der Waals surface area contributed by atoms with Crippen molar-refractivity contribution in [1.82, 2.24) is 0 Å². The highest BCUT2D eigenvalue weighted by Gasteiger charge is 2.26. The predicted molar refractivity (Wildman–Crippen MR) is 116 cm³/mol. The Balaban J connectivity index is 1.57. The molecule has 6 heteroatoms. The number of hydrogen-bond acceptors (Lipinski definition) is 5. The van der Waals surface area contributed by atoms with Crippen LogP contribution in [0.2, 0.25) is 5.02 Å². The first-order valence-electron chi connectivity index (χ1n) is 9.26. The van der Waals surface area contributed by atoms with E-state index in [-0.39, 0.29) is 0 Å². The fourth-order valence-electron chi connectivity index (χ4n) is 3.02. The maximum absolute atomic E-state index is 12.2. The third kappa shape index (κ3) is 4.36. The molecule has 0 atom stereocenters. The molecule has 0 fully saturated rings. The van der Waals surface area contributed by atoms with Gasteiger partial charge in [-0.2, -0.15) is 0 Å². The number of methoxy groups -OCH3 is 1. The molecule has 0 amide bonds. The number of nitrogens with zero attached hydrogens (tertiary/aromatic N) is 1. The van der Waals surface area contributed by atoms with Crippen molar-refractivity contribution >= 4 is 29.4 Å². The van der Waals surface area contributed by atoms with Crippen molar-refractivity contribution in [2.75, 3.05) is 7.11 Å². The summed E-state index contributed by atoms with van der Waals surface area (Å²) >= 11 is 5.92. The van der Waals surface area contributed by atoms with E-state index in [4.69, 9.17) is 25.9 Å². The van der Waals surface area contributed by atoms with Gasteiger partial charge in [0.05, 0.1) is 12.7 Å². The van der Waals surface area contributed by atoms with Gasteiger partial charge >= 0.3 is 5.97 Å². The monoisotopic (exact) mass is 419 g/mol. The molecule has 0 bridgehead atoms. The Hall–Kier alpha value is -3.57. The van der Waals surface area contributed by atoms with E-state index < -0.39 is 5.97 Å². The number of carbonyl (C=O) groups excluding carboxylic acids is 1. The number of carbonyl (C=O) groups is 1. The van der Waals surface area contributed by atoms with Gasteiger partial charge < -0.3 is 14.3 Å². The van der Waals surface area contributed by atoms with Crippen LogP contribution in [0.4, 0.5) is 0 Å². The maximum atomic E-state index is 12.2. The molecule has 4 rings (SSSR count). The highest BCUT2D eigenvalue weighted by atomic mass is 35.5. The fraction of sp³-hybridized carbons (Fsp3) is 0.0833. The molecule has 0 radical (unpaired) electrons. The standard InChI is InChI=1S/C24H18ClNO4/c1-28-22-14-17(9-12-21(22)29-15-16-7-10-19(25)11-8-16)13-20-23(26-30-24(20)27)18-5-3-2-4-6-18/h2-14H,15H2,1H3. The molecule has 0 N–H and O–H groups in total. The molecule has 5 nitrogen and oxygen atoms in total. The highest BCUT2D eigenvalue weighted by Crippen LogP contribution is 2.31. The van der Waals surface area contributed by atoms with Crippen LogP contribution in [0.25, 0.3) is 6.08 Å². The summed E-state index contributed by atoms with van der Waals surface area (Å²) in [5.74, 6) is 0.666. The minimum Gasteiger partial charge on any atom is -0.493 e. The molecule has 30 heavy (non-hydrogen) atoms. The Labute approximate surface area is 179 Å². The van der Waals surface area contributed by atoms with Crippen molar-refractivity contribution in [1.29, 1.82) is 0 Å². The van der Waals surface area contributed by atoms with Gasteiger partial charge in [-0.05, 0) is 41.5 Å². The lowest BCUT2D eigenvalue weighted by Gasteiger charge is -2.12. The lowest BCUT2D eigenvalue weighted by molar-refractivity contribution is -0.136. The van der Waals surface area contributed by atoms with Crippen molar-refractivity contribution in [3.63, 3.8) is 0 Å². The minimum atomic E-state index is -0.490. The van der Waals surface area contributed by atoms with Gasteiger partial charge in [0.15, 0.2) is 11.5 Å². The molecule has 0 spiro atoms. The van der Waals surface area contributed by atoms with Gasteiger partial charge in [-0.25, -0.2) is 4.79 Å². The molecule has 0 aromatic heterocycles. The molecule has 1 aliphatic rings. The van der Waals surface area contributed by atoms with Crippen LogP contribution in [0.5, 0.6) is 11.5 Å². The van der Waals surface area contributed by atoms with Crippen LogP contribution >= 0.6 is 11.6 Å². The van der Waals surface area contributed by atoms with Crippen LogP contribution in [-0.2, 0) is 16.2 Å². The summed E-state index contributed by atoms with van der Waals surface area (Å²) < 4.78 is 11.4. The molecule has 3 aromatic carbocycles. The molecule has 1 aliphatic heterocycles. The van der Waals surface area contributed by atoms with Crippen molar-refractivity contribution in [2.45, 2.75) is 6.61 Å². The first kappa shape index (κ1) is 19.7. The van der Waals surface area contributed by atoms with Gasteiger partial charge in [-0.1, -0.05) is 65.3 Å². The lowest BCUT2D eigenvalue weighted by atomic mass is 10.0. The number of oxime groups is 1. The number of hydrogen-bond donors (Lipinski definition) is 0. The topological polar surface area (TPSA) is 57.1 Å². The first-order chi connectivity index (χ1) is 14.6. The molecule has 3 aromatic rings. The SMILES string of the molecule is COc1cc(C=C2C(=O)ON=C2c2ccccc2)ccc1OCc1ccc(Cl)cc1. The average Bonchev–Trinajstić information content (AvgIpc) is 3.14. The zero-order valence-corrected chi connectivity index (χ0v) is 16.9. The second kappa shape index (κ2) is 8.84. The van der Waals surface area contributed by atoms with Crippen LogP contribution in [0.15, 0.2) is 83.5 Å². The van der Waals surface area contributed by atoms with Gasteiger partial charge in [0.1, 0.15) is 12.3 Å². The molecule has 150 valence electrons. The quantitative estimate of drug-likeness (QED) is 0.403. The van der Waals surface area contributed by atoms with Crippen LogP contribution in [-0.4, -0.2) is 18.8 Å². The summed E-state index contributed by atoms with van der Waals surface area (Å²) in [5.41, 5.74) is 3.46. The van der Waals surface area contributed by atoms with E-state index in [2.05, 4.69) is 5.16 Å². The summed E-state index contributed by atoms with van der Waals surface area (Å²) in [5, 5.41) is 4.61. The van der Waals surface area contributed by atoms with Gasteiger partial charge in [0, 0.05) is 10.6 Å². The van der Waals surface area contributed by atoms with Gasteiger partial charge in [-0.3, -0.25) is 0 Å². The largest absolute Gasteiger partial charge is 0.493 e. The second-order valence-electron chi connectivity index (χ2n) is 6.57. The van der Waals surface area contributed by atoms with Crippen LogP contribution in [0.3, 0.4) is 0 Å². The summed E-state index contributed by atoms with van der Waals surface area (Å²) in [7, 11) is 1.57. The third-order valence-electron chi connectivity index (χ3n) is 4.55. The van der Waals surface area contributed by atoms with E-state index in [1.165, 1.54) is 0 Å². The van der Waals surface area contributed by atoms with Crippen molar-refractivity contribution < 1.29 is 19.1 Å². The van der Waals surface area contributed by atoms with E-state index in [1.54, 1.807) is 25.3 Å². The first-order valence-corrected chi connectivity index (χ1v) is 9.64. The summed E-state index contributed by atoms with van der Waals surface area (Å²) in [6.45, 7) is 0.380. The second-order valence-corrected chi connectivity index (χ2v) is 7.00. The van der Waals surface area contributed by atoms with Crippen LogP contribution in [0, 0.1) is 0 Å². The van der Waals surface area contributed by atoms with Crippen molar-refractivity contribution in [3.8, 4) is 11.5 Å². The van der Waals surface area contributed by atoms with E-state index >= 15 is 0 Å². The average molecular weight is 420 g/mol. The number of ether oxygens (including phenoxy) is 2. The Morgan fingerprint density at radius 2 is 1.77 bits per heavy atom. The zero-order chi connectivity index (χ0) is 20.9. The molecule has 0 saturated heterocycles. The molecule has 0 unspecified atom stereocenters. The Morgan fingerprint density at radius 3 is 2.50 bits per heavy atom. The lowest BCUT2D eigenvalue weighted by Crippen LogP contribution is -2.06. The Bertz CT molecular complexity index is 1120. The summed E-state index contributed by atoms with van der Waals surface area (Å²) in [4.78, 5) is 17.1. The van der Waals surface area contributed by atoms with Gasteiger partial charge in [0.2, 0.25) is 0 Å². The number of benzene rings is 3. The van der Waals surface area contributed by atoms with Crippen molar-refractivity contribution in [3.05, 3.63) is 100 Å². The molecule has 0 saturated carbocycles. The summed E-state index contributed by atoms with van der Waals surface area (Å²) in [6, 6.07) is 22.3. The van der Waals surface area contributed by atoms with Crippen LogP contribution < -0.4 is 9.47 Å². The fourth-order valence-corrected chi connectivity index (χ4v) is 3.14. The molecular formula is C24H18ClNO4. The normalized spacial score (nSPS) is 14.4. The third-order valence-corrected chi connectivity index (χ3v) is 4.80. The molecule has 1 heterocycles. The van der Waals surface area contributed by atoms with E-state index in [0.29, 0.717) is 34.4 Å². The smallest absolute Gasteiger partial charge is 0.368 e. The van der Waals surface area contributed by atoms with Crippen molar-refractivity contribution in [2.24, 2.45) is 5.16 Å². The van der Waals surface area contributed by atoms with E-state index in [0.717, 1.165) is 16.7 Å². The predicted octanol–water partition coefficient (Wildman–Crippen LogP) is 5.27. The van der Waals surface area contributed by atoms with Gasteiger partial charge in [-0.15, -0.1) is 0 Å². The van der Waals surface area contributed by atoms with Crippen LogP contribution in [0.1, 0.15) is 16.7 Å². The molecule has 0 aliphatic carbocycles. The highest BCUT2D eigenvalue weighted by molar-refractivity contribution is 6.31. The Kier molecular flexibility index (Phi) is 5.82. The number of halogens is 1. The maximum Gasteiger partial charge on any atom is 0.368 e. The molecular weight excluding hydrogens is 402 g/mol. The summed E-state index contributed by atoms with van der Waals surface area (Å²) in [6.07, 6.45) is 1.73. The Morgan fingerprint density at radius 1 is 1.00 bits per heavy atom. The van der Waals surface area contributed by atoms with E-state index in [1.807, 2.05) is 60.7 Å². The zero-order valence-electron chi connectivity index (χ0n) is 16.2. The number of rotatable bonds is 6. The van der Waals surface area contributed by atoms with E-state index in [9.17, 15) is 4.79 Å². The minimum absolute atomic E-state index is 0.380.